The van der Waals surface area contributed by atoms with Crippen LogP contribution >= 0.6 is 0 Å². The van der Waals surface area contributed by atoms with Crippen LogP contribution in [0.15, 0.2) is 48.5 Å². The van der Waals surface area contributed by atoms with E-state index in [1.54, 1.807) is 13.2 Å². The summed E-state index contributed by atoms with van der Waals surface area (Å²) >= 11 is 0. The van der Waals surface area contributed by atoms with E-state index in [4.69, 9.17) is 9.47 Å². The lowest BCUT2D eigenvalue weighted by Gasteiger charge is -2.12. The number of hydrogen-bond donors (Lipinski definition) is 1. The molecule has 0 heterocycles. The summed E-state index contributed by atoms with van der Waals surface area (Å²) in [5, 5.41) is 2.93. The standard InChI is InChI=1S/C20H25NO3/c1-15(2)13-24-14-18-11-17(9-10-19(18)23-3)20(22)21-12-16-7-5-4-6-8-16/h4-11,15H,12-14H2,1-3H3,(H,21,22). The van der Waals surface area contributed by atoms with Gasteiger partial charge in [-0.25, -0.2) is 0 Å². The van der Waals surface area contributed by atoms with Gasteiger partial charge in [0.1, 0.15) is 5.75 Å². The largest absolute Gasteiger partial charge is 0.496 e. The molecule has 0 atom stereocenters. The summed E-state index contributed by atoms with van der Waals surface area (Å²) in [6, 6.07) is 15.3. The Hall–Kier alpha value is -2.33. The fourth-order valence-corrected chi connectivity index (χ4v) is 2.32. The Kier molecular flexibility index (Phi) is 6.82. The maximum Gasteiger partial charge on any atom is 0.251 e. The van der Waals surface area contributed by atoms with Crippen molar-refractivity contribution in [2.75, 3.05) is 13.7 Å². The van der Waals surface area contributed by atoms with Crippen molar-refractivity contribution >= 4 is 5.91 Å². The fourth-order valence-electron chi connectivity index (χ4n) is 2.32. The second-order valence-electron chi connectivity index (χ2n) is 6.10. The highest BCUT2D eigenvalue weighted by atomic mass is 16.5. The smallest absolute Gasteiger partial charge is 0.251 e. The van der Waals surface area contributed by atoms with Gasteiger partial charge < -0.3 is 14.8 Å². The topological polar surface area (TPSA) is 47.6 Å². The first kappa shape index (κ1) is 18.0. The predicted molar refractivity (Wildman–Crippen MR) is 95.1 cm³/mol. The van der Waals surface area contributed by atoms with Crippen LogP contribution in [0.2, 0.25) is 0 Å². The van der Waals surface area contributed by atoms with Crippen LogP contribution in [0.3, 0.4) is 0 Å². The molecule has 0 aromatic heterocycles. The first-order chi connectivity index (χ1) is 11.6. The van der Waals surface area contributed by atoms with Crippen molar-refractivity contribution in [3.8, 4) is 5.75 Å². The number of amides is 1. The van der Waals surface area contributed by atoms with Gasteiger partial charge in [0.25, 0.3) is 5.91 Å². The van der Waals surface area contributed by atoms with E-state index < -0.39 is 0 Å². The Morgan fingerprint density at radius 1 is 1.12 bits per heavy atom. The summed E-state index contributed by atoms with van der Waals surface area (Å²) in [5.74, 6) is 1.10. The van der Waals surface area contributed by atoms with Crippen LogP contribution in [0, 0.1) is 5.92 Å². The molecule has 4 nitrogen and oxygen atoms in total. The predicted octanol–water partition coefficient (Wildman–Crippen LogP) is 3.80. The molecule has 0 unspecified atom stereocenters. The molecule has 2 aromatic carbocycles. The van der Waals surface area contributed by atoms with Crippen LogP contribution in [-0.4, -0.2) is 19.6 Å². The van der Waals surface area contributed by atoms with Crippen LogP contribution in [0.5, 0.6) is 5.75 Å². The average Bonchev–Trinajstić information content (AvgIpc) is 2.60. The Balaban J connectivity index is 2.02. The summed E-state index contributed by atoms with van der Waals surface area (Å²) in [6.07, 6.45) is 0. The van der Waals surface area contributed by atoms with Crippen molar-refractivity contribution in [1.82, 2.24) is 5.32 Å². The van der Waals surface area contributed by atoms with E-state index in [2.05, 4.69) is 19.2 Å². The lowest BCUT2D eigenvalue weighted by Crippen LogP contribution is -2.23. The molecule has 4 heteroatoms. The Bertz CT molecular complexity index is 653. The summed E-state index contributed by atoms with van der Waals surface area (Å²) in [4.78, 5) is 12.4. The normalized spacial score (nSPS) is 10.7. The Morgan fingerprint density at radius 3 is 2.54 bits per heavy atom. The van der Waals surface area contributed by atoms with Gasteiger partial charge in [-0.05, 0) is 29.7 Å². The second kappa shape index (κ2) is 9.08. The molecule has 0 aliphatic heterocycles. The molecule has 2 aromatic rings. The van der Waals surface area contributed by atoms with Crippen LogP contribution in [0.1, 0.15) is 35.3 Å². The average molecular weight is 327 g/mol. The van der Waals surface area contributed by atoms with Crippen molar-refractivity contribution in [3.05, 3.63) is 65.2 Å². The molecular formula is C20H25NO3. The minimum atomic E-state index is -0.105. The zero-order chi connectivity index (χ0) is 17.4. The zero-order valence-electron chi connectivity index (χ0n) is 14.5. The van der Waals surface area contributed by atoms with Crippen LogP contribution in [0.25, 0.3) is 0 Å². The van der Waals surface area contributed by atoms with Gasteiger partial charge in [-0.15, -0.1) is 0 Å². The lowest BCUT2D eigenvalue weighted by molar-refractivity contribution is 0.0937. The number of methoxy groups -OCH3 is 1. The molecular weight excluding hydrogens is 302 g/mol. The number of carbonyl (C=O) groups is 1. The van der Waals surface area contributed by atoms with Gasteiger partial charge in [0.2, 0.25) is 0 Å². The summed E-state index contributed by atoms with van der Waals surface area (Å²) in [7, 11) is 1.62. The van der Waals surface area contributed by atoms with Gasteiger partial charge in [0.15, 0.2) is 0 Å². The van der Waals surface area contributed by atoms with Gasteiger partial charge in [-0.1, -0.05) is 44.2 Å². The van der Waals surface area contributed by atoms with Gasteiger partial charge in [0, 0.05) is 24.3 Å². The van der Waals surface area contributed by atoms with E-state index >= 15 is 0 Å². The number of hydrogen-bond acceptors (Lipinski definition) is 3. The molecule has 1 N–H and O–H groups in total. The Morgan fingerprint density at radius 2 is 1.88 bits per heavy atom. The van der Waals surface area contributed by atoms with E-state index in [1.807, 2.05) is 42.5 Å². The Labute approximate surface area is 143 Å². The first-order valence-corrected chi connectivity index (χ1v) is 8.17. The first-order valence-electron chi connectivity index (χ1n) is 8.17. The summed E-state index contributed by atoms with van der Waals surface area (Å²) in [6.45, 7) is 5.81. The van der Waals surface area contributed by atoms with Crippen molar-refractivity contribution in [2.24, 2.45) is 5.92 Å². The van der Waals surface area contributed by atoms with Gasteiger partial charge in [-0.2, -0.15) is 0 Å². The van der Waals surface area contributed by atoms with E-state index in [1.165, 1.54) is 0 Å². The van der Waals surface area contributed by atoms with Crippen LogP contribution in [0.4, 0.5) is 0 Å². The minimum absolute atomic E-state index is 0.105. The van der Waals surface area contributed by atoms with E-state index in [0.717, 1.165) is 16.9 Å². The maximum atomic E-state index is 12.4. The van der Waals surface area contributed by atoms with E-state index in [9.17, 15) is 4.79 Å². The molecule has 0 saturated heterocycles. The van der Waals surface area contributed by atoms with Crippen LogP contribution in [-0.2, 0) is 17.9 Å². The van der Waals surface area contributed by atoms with Crippen LogP contribution < -0.4 is 10.1 Å². The molecule has 0 spiro atoms. The van der Waals surface area contributed by atoms with Crippen molar-refractivity contribution in [2.45, 2.75) is 27.0 Å². The molecule has 0 fully saturated rings. The van der Waals surface area contributed by atoms with Crippen molar-refractivity contribution < 1.29 is 14.3 Å². The highest BCUT2D eigenvalue weighted by Crippen LogP contribution is 2.21. The SMILES string of the molecule is COc1ccc(C(=O)NCc2ccccc2)cc1COCC(C)C. The number of nitrogens with one attached hydrogen (secondary N) is 1. The number of ether oxygens (including phenoxy) is 2. The number of rotatable bonds is 8. The van der Waals surface area contributed by atoms with Crippen molar-refractivity contribution in [1.29, 1.82) is 0 Å². The number of carbonyl (C=O) groups excluding carboxylic acids is 1. The third-order valence-electron chi connectivity index (χ3n) is 3.55. The number of benzene rings is 2. The third-order valence-corrected chi connectivity index (χ3v) is 3.55. The summed E-state index contributed by atoms with van der Waals surface area (Å²) in [5.41, 5.74) is 2.56. The van der Waals surface area contributed by atoms with Gasteiger partial charge in [-0.3, -0.25) is 4.79 Å². The molecule has 128 valence electrons. The molecule has 0 bridgehead atoms. The summed E-state index contributed by atoms with van der Waals surface area (Å²) < 4.78 is 11.0. The van der Waals surface area contributed by atoms with Gasteiger partial charge in [0.05, 0.1) is 13.7 Å². The van der Waals surface area contributed by atoms with Crippen molar-refractivity contribution in [3.63, 3.8) is 0 Å². The minimum Gasteiger partial charge on any atom is -0.496 e. The van der Waals surface area contributed by atoms with E-state index in [-0.39, 0.29) is 5.91 Å². The zero-order valence-corrected chi connectivity index (χ0v) is 14.5. The molecule has 2 rings (SSSR count). The lowest BCUT2D eigenvalue weighted by atomic mass is 10.1. The third kappa shape index (κ3) is 5.39. The second-order valence-corrected chi connectivity index (χ2v) is 6.10. The molecule has 0 aliphatic carbocycles. The maximum absolute atomic E-state index is 12.4. The molecule has 1 amide bonds. The molecule has 24 heavy (non-hydrogen) atoms. The quantitative estimate of drug-likeness (QED) is 0.802. The highest BCUT2D eigenvalue weighted by molar-refractivity contribution is 5.94. The molecule has 0 saturated carbocycles. The molecule has 0 aliphatic rings. The fraction of sp³-hybridized carbons (Fsp3) is 0.350. The van der Waals surface area contributed by atoms with Gasteiger partial charge >= 0.3 is 0 Å². The van der Waals surface area contributed by atoms with E-state index in [0.29, 0.717) is 31.2 Å². The highest BCUT2D eigenvalue weighted by Gasteiger charge is 2.10. The monoisotopic (exact) mass is 327 g/mol. The molecule has 0 radical (unpaired) electrons.